The van der Waals surface area contributed by atoms with Crippen LogP contribution in [0, 0.1) is 0 Å². The van der Waals surface area contributed by atoms with E-state index in [1.54, 1.807) is 31.4 Å². The van der Waals surface area contributed by atoms with Gasteiger partial charge in [0.1, 0.15) is 17.3 Å². The van der Waals surface area contributed by atoms with E-state index >= 15 is 0 Å². The van der Waals surface area contributed by atoms with E-state index in [0.717, 1.165) is 80.9 Å². The Morgan fingerprint density at radius 3 is 2.39 bits per heavy atom. The second-order valence-electron chi connectivity index (χ2n) is 9.52. The molecule has 0 unspecified atom stereocenters. The monoisotopic (exact) mass is 513 g/mol. The van der Waals surface area contributed by atoms with Crippen LogP contribution in [0.4, 0.5) is 0 Å². The van der Waals surface area contributed by atoms with E-state index in [4.69, 9.17) is 14.5 Å². The van der Waals surface area contributed by atoms with Crippen molar-refractivity contribution in [2.75, 3.05) is 20.3 Å². The number of benzene rings is 3. The smallest absolute Gasteiger partial charge is 0.251 e. The summed E-state index contributed by atoms with van der Waals surface area (Å²) in [6, 6.07) is 23.9. The lowest BCUT2D eigenvalue weighted by atomic mass is 10.1. The van der Waals surface area contributed by atoms with Gasteiger partial charge >= 0.3 is 0 Å². The number of hydrogen-bond donors (Lipinski definition) is 1. The minimum absolute atomic E-state index is 0.0450. The highest BCUT2D eigenvalue weighted by atomic mass is 16.5. The van der Waals surface area contributed by atoms with Crippen molar-refractivity contribution >= 4 is 16.9 Å². The molecule has 0 spiro atoms. The molecule has 200 valence electrons. The number of imidazole rings is 1. The van der Waals surface area contributed by atoms with E-state index in [-0.39, 0.29) is 5.91 Å². The highest BCUT2D eigenvalue weighted by molar-refractivity contribution is 5.94. The van der Waals surface area contributed by atoms with E-state index < -0.39 is 0 Å². The molecule has 3 aromatic carbocycles. The number of hydrogen-bond acceptors (Lipinski definition) is 4. The summed E-state index contributed by atoms with van der Waals surface area (Å²) in [5.74, 6) is 2.79. The molecule has 0 fully saturated rings. The van der Waals surface area contributed by atoms with Crippen LogP contribution in [-0.2, 0) is 19.4 Å². The van der Waals surface area contributed by atoms with Gasteiger partial charge in [0.2, 0.25) is 0 Å². The number of carbonyl (C=O) groups is 1. The van der Waals surface area contributed by atoms with Crippen LogP contribution in [0.3, 0.4) is 0 Å². The number of amides is 1. The van der Waals surface area contributed by atoms with Crippen molar-refractivity contribution in [3.63, 3.8) is 0 Å². The molecule has 0 saturated carbocycles. The van der Waals surface area contributed by atoms with Crippen molar-refractivity contribution in [3.8, 4) is 11.5 Å². The number of nitrogens with one attached hydrogen (secondary N) is 1. The number of methoxy groups -OCH3 is 1. The fourth-order valence-electron chi connectivity index (χ4n) is 4.58. The Labute approximate surface area is 226 Å². The normalized spacial score (nSPS) is 11.0. The standard InChI is InChI=1S/C32H39N3O3/c1-3-25-14-18-28(19-15-25)38-24-10-9-23-35-30-12-7-6-11-29(30)34-31(35)13-5-4-8-22-33-32(36)26-16-20-27(37-2)21-17-26/h6-7,11-12,14-21H,3-5,8-10,13,22-24H2,1-2H3,(H,33,36). The van der Waals surface area contributed by atoms with Crippen LogP contribution in [0.15, 0.2) is 72.8 Å². The lowest BCUT2D eigenvalue weighted by Crippen LogP contribution is -2.24. The number of ether oxygens (including phenoxy) is 2. The zero-order valence-corrected chi connectivity index (χ0v) is 22.6. The first-order valence-electron chi connectivity index (χ1n) is 13.8. The number of aryl methyl sites for hydroxylation is 3. The largest absolute Gasteiger partial charge is 0.497 e. The summed E-state index contributed by atoms with van der Waals surface area (Å²) in [5, 5.41) is 3.01. The number of para-hydroxylation sites is 2. The number of fused-ring (bicyclic) bond motifs is 1. The van der Waals surface area contributed by atoms with Gasteiger partial charge in [-0.2, -0.15) is 0 Å². The van der Waals surface area contributed by atoms with Gasteiger partial charge in [-0.1, -0.05) is 37.6 Å². The Hall–Kier alpha value is -3.80. The summed E-state index contributed by atoms with van der Waals surface area (Å²) in [6.07, 6.45) is 7.03. The molecule has 0 saturated heterocycles. The third kappa shape index (κ3) is 7.60. The van der Waals surface area contributed by atoms with Gasteiger partial charge in [-0.3, -0.25) is 4.79 Å². The van der Waals surface area contributed by atoms with E-state index in [9.17, 15) is 4.79 Å². The van der Waals surface area contributed by atoms with Crippen molar-refractivity contribution in [2.24, 2.45) is 0 Å². The molecule has 0 bridgehead atoms. The van der Waals surface area contributed by atoms with E-state index in [1.165, 1.54) is 11.1 Å². The first-order valence-corrected chi connectivity index (χ1v) is 13.8. The number of aromatic nitrogens is 2. The first kappa shape index (κ1) is 27.2. The molecular weight excluding hydrogens is 474 g/mol. The fourth-order valence-corrected chi connectivity index (χ4v) is 4.58. The molecule has 4 aromatic rings. The second kappa shape index (κ2) is 14.2. The van der Waals surface area contributed by atoms with Crippen molar-refractivity contribution in [1.29, 1.82) is 0 Å². The van der Waals surface area contributed by atoms with Crippen LogP contribution in [0.5, 0.6) is 11.5 Å². The molecule has 38 heavy (non-hydrogen) atoms. The molecule has 1 heterocycles. The topological polar surface area (TPSA) is 65.4 Å². The lowest BCUT2D eigenvalue weighted by molar-refractivity contribution is 0.0953. The Kier molecular flexibility index (Phi) is 10.2. The molecule has 1 N–H and O–H groups in total. The van der Waals surface area contributed by atoms with Crippen molar-refractivity contribution in [3.05, 3.63) is 89.7 Å². The molecule has 0 aliphatic heterocycles. The number of unbranched alkanes of at least 4 members (excludes halogenated alkanes) is 3. The molecule has 1 aromatic heterocycles. The van der Waals surface area contributed by atoms with Gasteiger partial charge in [0.25, 0.3) is 5.91 Å². The van der Waals surface area contributed by atoms with Gasteiger partial charge in [0, 0.05) is 25.1 Å². The molecule has 4 rings (SSSR count). The third-order valence-corrected chi connectivity index (χ3v) is 6.82. The van der Waals surface area contributed by atoms with Gasteiger partial charge in [-0.25, -0.2) is 4.98 Å². The van der Waals surface area contributed by atoms with E-state index in [2.05, 4.69) is 59.3 Å². The van der Waals surface area contributed by atoms with Gasteiger partial charge in [0.05, 0.1) is 24.8 Å². The summed E-state index contributed by atoms with van der Waals surface area (Å²) in [7, 11) is 1.62. The summed E-state index contributed by atoms with van der Waals surface area (Å²) in [6.45, 7) is 4.48. The van der Waals surface area contributed by atoms with Crippen molar-refractivity contribution in [1.82, 2.24) is 14.9 Å². The number of rotatable bonds is 15. The fraction of sp³-hybridized carbons (Fsp3) is 0.375. The van der Waals surface area contributed by atoms with Crippen LogP contribution >= 0.6 is 0 Å². The van der Waals surface area contributed by atoms with E-state index in [0.29, 0.717) is 12.1 Å². The molecule has 1 amide bonds. The predicted molar refractivity (Wildman–Crippen MR) is 153 cm³/mol. The summed E-state index contributed by atoms with van der Waals surface area (Å²) in [4.78, 5) is 17.2. The zero-order chi connectivity index (χ0) is 26.6. The van der Waals surface area contributed by atoms with Gasteiger partial charge in [0.15, 0.2) is 0 Å². The third-order valence-electron chi connectivity index (χ3n) is 6.82. The van der Waals surface area contributed by atoms with Gasteiger partial charge in [-0.15, -0.1) is 0 Å². The number of nitrogens with zero attached hydrogens (tertiary/aromatic N) is 2. The molecular formula is C32H39N3O3. The Morgan fingerprint density at radius 1 is 0.868 bits per heavy atom. The average molecular weight is 514 g/mol. The Morgan fingerprint density at radius 2 is 1.63 bits per heavy atom. The van der Waals surface area contributed by atoms with Crippen LogP contribution in [0.25, 0.3) is 11.0 Å². The minimum Gasteiger partial charge on any atom is -0.497 e. The van der Waals surface area contributed by atoms with Crippen LogP contribution in [-0.4, -0.2) is 35.7 Å². The second-order valence-corrected chi connectivity index (χ2v) is 9.52. The maximum atomic E-state index is 12.3. The first-order chi connectivity index (χ1) is 18.7. The van der Waals surface area contributed by atoms with Crippen LogP contribution in [0.2, 0.25) is 0 Å². The van der Waals surface area contributed by atoms with Gasteiger partial charge in [-0.05, 0) is 86.2 Å². The zero-order valence-electron chi connectivity index (χ0n) is 22.6. The molecule has 6 nitrogen and oxygen atoms in total. The lowest BCUT2D eigenvalue weighted by Gasteiger charge is -2.11. The molecule has 0 atom stereocenters. The predicted octanol–water partition coefficient (Wildman–Crippen LogP) is 6.61. The molecule has 0 aliphatic rings. The van der Waals surface area contributed by atoms with Crippen molar-refractivity contribution < 1.29 is 14.3 Å². The Balaban J connectivity index is 1.20. The van der Waals surface area contributed by atoms with Crippen molar-refractivity contribution in [2.45, 2.75) is 58.4 Å². The summed E-state index contributed by atoms with van der Waals surface area (Å²) in [5.41, 5.74) is 4.24. The summed E-state index contributed by atoms with van der Waals surface area (Å²) < 4.78 is 13.5. The minimum atomic E-state index is -0.0450. The molecule has 0 aliphatic carbocycles. The quantitative estimate of drug-likeness (QED) is 0.182. The summed E-state index contributed by atoms with van der Waals surface area (Å²) >= 11 is 0. The van der Waals surface area contributed by atoms with Crippen LogP contribution < -0.4 is 14.8 Å². The Bertz CT molecular complexity index is 1280. The highest BCUT2D eigenvalue weighted by Crippen LogP contribution is 2.19. The van der Waals surface area contributed by atoms with Crippen LogP contribution in [0.1, 0.15) is 60.8 Å². The molecule has 6 heteroatoms. The maximum Gasteiger partial charge on any atom is 0.251 e. The maximum absolute atomic E-state index is 12.3. The average Bonchev–Trinajstić information content (AvgIpc) is 3.32. The SMILES string of the molecule is CCc1ccc(OCCCCn2c(CCCCCNC(=O)c3ccc(OC)cc3)nc3ccccc32)cc1. The van der Waals surface area contributed by atoms with Gasteiger partial charge < -0.3 is 19.4 Å². The van der Waals surface area contributed by atoms with E-state index in [1.807, 2.05) is 6.07 Å². The highest BCUT2D eigenvalue weighted by Gasteiger charge is 2.10. The molecule has 0 radical (unpaired) electrons. The number of carbonyl (C=O) groups excluding carboxylic acids is 1.